The minimum Gasteiger partial charge on any atom is -0.466 e. The molecule has 0 saturated carbocycles. The summed E-state index contributed by atoms with van der Waals surface area (Å²) in [5.41, 5.74) is 5.26. The Kier molecular flexibility index (Phi) is 6.72. The van der Waals surface area contributed by atoms with Crippen molar-refractivity contribution in [3.63, 3.8) is 0 Å². The molecule has 1 aromatic carbocycles. The molecule has 0 saturated heterocycles. The van der Waals surface area contributed by atoms with Crippen LogP contribution in [-0.2, 0) is 9.53 Å². The fourth-order valence-corrected chi connectivity index (χ4v) is 1.33. The SMILES string of the molecule is CCOC(=O)C[C@H](N)c1cc(F)c(F)cc1F.Cl. The van der Waals surface area contributed by atoms with Crippen LogP contribution >= 0.6 is 12.4 Å². The lowest BCUT2D eigenvalue weighted by Crippen LogP contribution is -2.18. The smallest absolute Gasteiger partial charge is 0.307 e. The number of ether oxygens (including phenoxy) is 1. The van der Waals surface area contributed by atoms with Crippen molar-refractivity contribution >= 4 is 18.4 Å². The van der Waals surface area contributed by atoms with Crippen LogP contribution in [0.2, 0.25) is 0 Å². The van der Waals surface area contributed by atoms with Gasteiger partial charge in [0.05, 0.1) is 13.0 Å². The zero-order valence-electron chi connectivity index (χ0n) is 9.58. The van der Waals surface area contributed by atoms with E-state index in [0.29, 0.717) is 12.1 Å². The topological polar surface area (TPSA) is 52.3 Å². The highest BCUT2D eigenvalue weighted by Gasteiger charge is 2.18. The van der Waals surface area contributed by atoms with Crippen molar-refractivity contribution in [1.82, 2.24) is 0 Å². The van der Waals surface area contributed by atoms with E-state index in [2.05, 4.69) is 4.74 Å². The van der Waals surface area contributed by atoms with E-state index in [1.807, 2.05) is 0 Å². The summed E-state index contributed by atoms with van der Waals surface area (Å²) in [4.78, 5) is 11.1. The molecule has 7 heteroatoms. The van der Waals surface area contributed by atoms with Crippen LogP contribution in [0.4, 0.5) is 13.2 Å². The molecule has 0 unspecified atom stereocenters. The molecular formula is C11H13ClF3NO2. The number of hydrogen-bond donors (Lipinski definition) is 1. The van der Waals surface area contributed by atoms with Gasteiger partial charge in [-0.2, -0.15) is 0 Å². The van der Waals surface area contributed by atoms with E-state index >= 15 is 0 Å². The number of nitrogens with two attached hydrogens (primary N) is 1. The first-order chi connectivity index (χ1) is 7.95. The molecule has 0 fully saturated rings. The van der Waals surface area contributed by atoms with E-state index in [9.17, 15) is 18.0 Å². The van der Waals surface area contributed by atoms with Crippen LogP contribution in [0.25, 0.3) is 0 Å². The van der Waals surface area contributed by atoms with E-state index in [1.165, 1.54) is 0 Å². The average molecular weight is 284 g/mol. The van der Waals surface area contributed by atoms with Gasteiger partial charge in [-0.25, -0.2) is 13.2 Å². The molecule has 0 aromatic heterocycles. The number of esters is 1. The Morgan fingerprint density at radius 3 is 2.39 bits per heavy atom. The van der Waals surface area contributed by atoms with Gasteiger partial charge in [0.2, 0.25) is 0 Å². The van der Waals surface area contributed by atoms with Crippen molar-refractivity contribution in [1.29, 1.82) is 0 Å². The summed E-state index contributed by atoms with van der Waals surface area (Å²) in [6.07, 6.45) is -0.296. The fourth-order valence-electron chi connectivity index (χ4n) is 1.33. The Balaban J connectivity index is 0.00000289. The monoisotopic (exact) mass is 283 g/mol. The Bertz CT molecular complexity index is 429. The van der Waals surface area contributed by atoms with Crippen molar-refractivity contribution in [2.75, 3.05) is 6.61 Å². The van der Waals surface area contributed by atoms with Gasteiger partial charge in [0.25, 0.3) is 0 Å². The third kappa shape index (κ3) is 4.19. The third-order valence-electron chi connectivity index (χ3n) is 2.13. The Labute approximate surface area is 109 Å². The first-order valence-electron chi connectivity index (χ1n) is 5.01. The lowest BCUT2D eigenvalue weighted by molar-refractivity contribution is -0.143. The van der Waals surface area contributed by atoms with Gasteiger partial charge >= 0.3 is 5.97 Å². The molecule has 0 spiro atoms. The molecule has 1 aromatic rings. The minimum atomic E-state index is -1.30. The summed E-state index contributed by atoms with van der Waals surface area (Å²) in [6.45, 7) is 1.79. The van der Waals surface area contributed by atoms with Crippen LogP contribution in [0.3, 0.4) is 0 Å². The zero-order chi connectivity index (χ0) is 13.0. The molecule has 0 bridgehead atoms. The molecule has 1 atom stereocenters. The number of benzene rings is 1. The van der Waals surface area contributed by atoms with E-state index in [-0.39, 0.29) is 31.0 Å². The molecule has 1 rings (SSSR count). The first kappa shape index (κ1) is 16.7. The molecule has 0 aliphatic rings. The largest absolute Gasteiger partial charge is 0.466 e. The van der Waals surface area contributed by atoms with Gasteiger partial charge in [-0.05, 0) is 13.0 Å². The molecule has 2 N–H and O–H groups in total. The highest BCUT2D eigenvalue weighted by Crippen LogP contribution is 2.21. The van der Waals surface area contributed by atoms with E-state index in [0.717, 1.165) is 0 Å². The van der Waals surface area contributed by atoms with E-state index in [4.69, 9.17) is 5.73 Å². The number of hydrogen-bond acceptors (Lipinski definition) is 3. The number of rotatable bonds is 4. The lowest BCUT2D eigenvalue weighted by atomic mass is 10.0. The summed E-state index contributed by atoms with van der Waals surface area (Å²) in [5.74, 6) is -4.11. The van der Waals surface area contributed by atoms with Crippen LogP contribution in [0.1, 0.15) is 24.9 Å². The quantitative estimate of drug-likeness (QED) is 0.682. The highest BCUT2D eigenvalue weighted by atomic mass is 35.5. The van der Waals surface area contributed by atoms with E-state index in [1.54, 1.807) is 6.92 Å². The van der Waals surface area contributed by atoms with Gasteiger partial charge in [0, 0.05) is 17.7 Å². The Hall–Kier alpha value is -1.27. The molecule has 0 radical (unpaired) electrons. The van der Waals surface area contributed by atoms with Crippen LogP contribution < -0.4 is 5.73 Å². The molecule has 102 valence electrons. The van der Waals surface area contributed by atoms with Crippen LogP contribution in [0.5, 0.6) is 0 Å². The third-order valence-corrected chi connectivity index (χ3v) is 2.13. The molecular weight excluding hydrogens is 271 g/mol. The molecule has 18 heavy (non-hydrogen) atoms. The minimum absolute atomic E-state index is 0. The summed E-state index contributed by atoms with van der Waals surface area (Å²) in [6, 6.07) is -0.0197. The van der Waals surface area contributed by atoms with Crippen molar-refractivity contribution in [3.05, 3.63) is 35.1 Å². The second-order valence-electron chi connectivity index (χ2n) is 3.40. The standard InChI is InChI=1S/C11H12F3NO2.ClH/c1-2-17-11(16)5-10(15)6-3-8(13)9(14)4-7(6)12;/h3-4,10H,2,5,15H2,1H3;1H/t10-;/m0./s1. The van der Waals surface area contributed by atoms with Gasteiger partial charge < -0.3 is 10.5 Å². The first-order valence-corrected chi connectivity index (χ1v) is 5.01. The van der Waals surface area contributed by atoms with Crippen molar-refractivity contribution in [2.24, 2.45) is 5.73 Å². The van der Waals surface area contributed by atoms with Crippen molar-refractivity contribution < 1.29 is 22.7 Å². The van der Waals surface area contributed by atoms with E-state index < -0.39 is 29.5 Å². The Morgan fingerprint density at radius 2 is 1.83 bits per heavy atom. The molecule has 0 heterocycles. The molecule has 0 amide bonds. The summed E-state index contributed by atoms with van der Waals surface area (Å²) in [5, 5.41) is 0. The predicted molar refractivity (Wildman–Crippen MR) is 61.7 cm³/mol. The number of carbonyl (C=O) groups is 1. The van der Waals surface area contributed by atoms with Crippen molar-refractivity contribution in [3.8, 4) is 0 Å². The van der Waals surface area contributed by atoms with Crippen LogP contribution in [0.15, 0.2) is 12.1 Å². The predicted octanol–water partition coefficient (Wildman–Crippen LogP) is 2.48. The molecule has 0 aliphatic heterocycles. The zero-order valence-corrected chi connectivity index (χ0v) is 10.4. The maximum absolute atomic E-state index is 13.3. The van der Waals surface area contributed by atoms with Crippen molar-refractivity contribution in [2.45, 2.75) is 19.4 Å². The van der Waals surface area contributed by atoms with Gasteiger partial charge in [0.15, 0.2) is 11.6 Å². The van der Waals surface area contributed by atoms with Crippen LogP contribution in [0, 0.1) is 17.5 Å². The summed E-state index contributed by atoms with van der Waals surface area (Å²) in [7, 11) is 0. The molecule has 0 aliphatic carbocycles. The second kappa shape index (κ2) is 7.23. The highest BCUT2D eigenvalue weighted by molar-refractivity contribution is 5.85. The summed E-state index contributed by atoms with van der Waals surface area (Å²) >= 11 is 0. The maximum atomic E-state index is 13.3. The van der Waals surface area contributed by atoms with Gasteiger partial charge in [-0.15, -0.1) is 12.4 Å². The van der Waals surface area contributed by atoms with Gasteiger partial charge in [-0.1, -0.05) is 0 Å². The lowest BCUT2D eigenvalue weighted by Gasteiger charge is -2.12. The fraction of sp³-hybridized carbons (Fsp3) is 0.364. The normalized spacial score (nSPS) is 11.6. The van der Waals surface area contributed by atoms with Gasteiger partial charge in [-0.3, -0.25) is 4.79 Å². The number of carbonyl (C=O) groups excluding carboxylic acids is 1. The number of halogens is 4. The summed E-state index contributed by atoms with van der Waals surface area (Å²) < 4.78 is 43.4. The average Bonchev–Trinajstić information content (AvgIpc) is 2.23. The van der Waals surface area contributed by atoms with Crippen LogP contribution in [-0.4, -0.2) is 12.6 Å². The van der Waals surface area contributed by atoms with Gasteiger partial charge in [0.1, 0.15) is 5.82 Å². The molecule has 3 nitrogen and oxygen atoms in total. The Morgan fingerprint density at radius 1 is 1.28 bits per heavy atom. The maximum Gasteiger partial charge on any atom is 0.307 e. The second-order valence-corrected chi connectivity index (χ2v) is 3.40.